The lowest BCUT2D eigenvalue weighted by molar-refractivity contribution is 0.404. The first kappa shape index (κ1) is 12.0. The zero-order chi connectivity index (χ0) is 12.3. The van der Waals surface area contributed by atoms with Crippen molar-refractivity contribution in [3.63, 3.8) is 0 Å². The van der Waals surface area contributed by atoms with Crippen LogP contribution in [0.2, 0.25) is 5.02 Å². The smallest absolute Gasteiger partial charge is 0.127 e. The van der Waals surface area contributed by atoms with E-state index in [4.69, 9.17) is 16.3 Å². The monoisotopic (exact) mass is 251 g/mol. The van der Waals surface area contributed by atoms with Gasteiger partial charge >= 0.3 is 0 Å². The molecule has 0 amide bonds. The van der Waals surface area contributed by atoms with E-state index < -0.39 is 0 Å². The van der Waals surface area contributed by atoms with E-state index >= 15 is 0 Å². The van der Waals surface area contributed by atoms with Gasteiger partial charge in [0.1, 0.15) is 11.6 Å². The van der Waals surface area contributed by atoms with Crippen molar-refractivity contribution in [2.24, 2.45) is 0 Å². The molecule has 0 fully saturated rings. The largest absolute Gasteiger partial charge is 0.496 e. The van der Waals surface area contributed by atoms with Crippen molar-refractivity contribution in [3.05, 3.63) is 47.0 Å². The van der Waals surface area contributed by atoms with Gasteiger partial charge in [0.25, 0.3) is 0 Å². The van der Waals surface area contributed by atoms with Crippen molar-refractivity contribution in [1.82, 2.24) is 15.3 Å². The van der Waals surface area contributed by atoms with Crippen molar-refractivity contribution in [1.29, 1.82) is 0 Å². The fraction of sp³-hybridized carbons (Fsp3) is 0.250. The molecule has 0 aliphatic rings. The highest BCUT2D eigenvalue weighted by Crippen LogP contribution is 2.30. The molecule has 1 aromatic carbocycles. The Labute approximate surface area is 105 Å². The van der Waals surface area contributed by atoms with E-state index in [-0.39, 0.29) is 6.04 Å². The SMILES string of the molecule is CNC(c1ncc[nH]1)c1cc(Cl)ccc1OC. The summed E-state index contributed by atoms with van der Waals surface area (Å²) in [7, 11) is 3.51. The van der Waals surface area contributed by atoms with Gasteiger partial charge in [-0.3, -0.25) is 0 Å². The van der Waals surface area contributed by atoms with Crippen LogP contribution >= 0.6 is 11.6 Å². The van der Waals surface area contributed by atoms with Gasteiger partial charge in [-0.15, -0.1) is 0 Å². The molecule has 4 nitrogen and oxygen atoms in total. The van der Waals surface area contributed by atoms with Crippen LogP contribution in [0.4, 0.5) is 0 Å². The summed E-state index contributed by atoms with van der Waals surface area (Å²) in [5.41, 5.74) is 0.956. The van der Waals surface area contributed by atoms with Crippen LogP contribution in [0.1, 0.15) is 17.4 Å². The van der Waals surface area contributed by atoms with Crippen LogP contribution in [-0.2, 0) is 0 Å². The quantitative estimate of drug-likeness (QED) is 0.877. The number of methoxy groups -OCH3 is 1. The van der Waals surface area contributed by atoms with Crippen LogP contribution in [0, 0.1) is 0 Å². The zero-order valence-electron chi connectivity index (χ0n) is 9.70. The number of rotatable bonds is 4. The molecule has 0 bridgehead atoms. The molecule has 0 saturated heterocycles. The summed E-state index contributed by atoms with van der Waals surface area (Å²) in [5.74, 6) is 1.61. The van der Waals surface area contributed by atoms with Crippen LogP contribution in [0.3, 0.4) is 0 Å². The number of halogens is 1. The molecule has 1 atom stereocenters. The van der Waals surface area contributed by atoms with Crippen molar-refractivity contribution in [2.75, 3.05) is 14.2 Å². The minimum absolute atomic E-state index is 0.0707. The first-order valence-electron chi connectivity index (χ1n) is 5.26. The highest BCUT2D eigenvalue weighted by Gasteiger charge is 2.18. The number of hydrogen-bond acceptors (Lipinski definition) is 3. The van der Waals surface area contributed by atoms with Crippen LogP contribution in [0.25, 0.3) is 0 Å². The molecule has 2 aromatic rings. The third kappa shape index (κ3) is 2.43. The Kier molecular flexibility index (Phi) is 3.66. The Bertz CT molecular complexity index is 485. The van der Waals surface area contributed by atoms with E-state index in [1.165, 1.54) is 0 Å². The first-order chi connectivity index (χ1) is 8.26. The molecule has 0 radical (unpaired) electrons. The molecule has 17 heavy (non-hydrogen) atoms. The molecular weight excluding hydrogens is 238 g/mol. The number of nitrogens with one attached hydrogen (secondary N) is 2. The van der Waals surface area contributed by atoms with Crippen LogP contribution in [0.5, 0.6) is 5.75 Å². The second-order valence-electron chi connectivity index (χ2n) is 3.58. The van der Waals surface area contributed by atoms with E-state index in [0.29, 0.717) is 5.02 Å². The predicted octanol–water partition coefficient (Wildman–Crippen LogP) is 2.38. The molecule has 90 valence electrons. The molecular formula is C12H14ClN3O. The number of nitrogens with zero attached hydrogens (tertiary/aromatic N) is 1. The van der Waals surface area contributed by atoms with Gasteiger partial charge in [-0.2, -0.15) is 0 Å². The minimum Gasteiger partial charge on any atom is -0.496 e. The van der Waals surface area contributed by atoms with Crippen LogP contribution in [0.15, 0.2) is 30.6 Å². The fourth-order valence-corrected chi connectivity index (χ4v) is 1.99. The van der Waals surface area contributed by atoms with Crippen molar-refractivity contribution < 1.29 is 4.74 Å². The van der Waals surface area contributed by atoms with Crippen LogP contribution in [-0.4, -0.2) is 24.1 Å². The standard InChI is InChI=1S/C12H14ClN3O/c1-14-11(12-15-5-6-16-12)9-7-8(13)3-4-10(9)17-2/h3-7,11,14H,1-2H3,(H,15,16). The Morgan fingerprint density at radius 2 is 2.29 bits per heavy atom. The van der Waals surface area contributed by atoms with Gasteiger partial charge < -0.3 is 15.0 Å². The van der Waals surface area contributed by atoms with Crippen molar-refractivity contribution in [3.8, 4) is 5.75 Å². The topological polar surface area (TPSA) is 49.9 Å². The Hall–Kier alpha value is -1.52. The lowest BCUT2D eigenvalue weighted by Gasteiger charge is -2.17. The van der Waals surface area contributed by atoms with E-state index in [9.17, 15) is 0 Å². The van der Waals surface area contributed by atoms with Gasteiger partial charge in [0.05, 0.1) is 13.2 Å². The summed E-state index contributed by atoms with van der Waals surface area (Å²) >= 11 is 6.02. The van der Waals surface area contributed by atoms with E-state index in [2.05, 4.69) is 15.3 Å². The fourth-order valence-electron chi connectivity index (χ4n) is 1.81. The molecule has 1 heterocycles. The Balaban J connectivity index is 2.46. The number of imidazole rings is 1. The number of ether oxygens (including phenoxy) is 1. The number of hydrogen-bond donors (Lipinski definition) is 2. The number of aromatic amines is 1. The second kappa shape index (κ2) is 5.21. The molecule has 1 aromatic heterocycles. The third-order valence-electron chi connectivity index (χ3n) is 2.58. The highest BCUT2D eigenvalue weighted by atomic mass is 35.5. The molecule has 0 aliphatic carbocycles. The highest BCUT2D eigenvalue weighted by molar-refractivity contribution is 6.30. The van der Waals surface area contributed by atoms with Crippen molar-refractivity contribution in [2.45, 2.75) is 6.04 Å². The van der Waals surface area contributed by atoms with Crippen LogP contribution < -0.4 is 10.1 Å². The lowest BCUT2D eigenvalue weighted by atomic mass is 10.1. The van der Waals surface area contributed by atoms with E-state index in [1.807, 2.05) is 19.2 Å². The third-order valence-corrected chi connectivity index (χ3v) is 2.82. The maximum atomic E-state index is 6.02. The zero-order valence-corrected chi connectivity index (χ0v) is 10.5. The van der Waals surface area contributed by atoms with Gasteiger partial charge in [-0.05, 0) is 25.2 Å². The molecule has 0 aliphatic heterocycles. The summed E-state index contributed by atoms with van der Waals surface area (Å²) in [6.45, 7) is 0. The summed E-state index contributed by atoms with van der Waals surface area (Å²) in [4.78, 5) is 7.34. The van der Waals surface area contributed by atoms with Crippen molar-refractivity contribution >= 4 is 11.6 Å². The van der Waals surface area contributed by atoms with E-state index in [1.54, 1.807) is 25.6 Å². The second-order valence-corrected chi connectivity index (χ2v) is 4.02. The summed E-state index contributed by atoms with van der Waals surface area (Å²) in [5, 5.41) is 3.86. The van der Waals surface area contributed by atoms with Gasteiger partial charge in [0, 0.05) is 23.0 Å². The number of H-pyrrole nitrogens is 1. The van der Waals surface area contributed by atoms with Gasteiger partial charge in [-0.25, -0.2) is 4.98 Å². The summed E-state index contributed by atoms with van der Waals surface area (Å²) in [6, 6.07) is 5.46. The lowest BCUT2D eigenvalue weighted by Crippen LogP contribution is -2.19. The summed E-state index contributed by atoms with van der Waals surface area (Å²) < 4.78 is 5.34. The van der Waals surface area contributed by atoms with Gasteiger partial charge in [0.15, 0.2) is 0 Å². The normalized spacial score (nSPS) is 12.4. The summed E-state index contributed by atoms with van der Waals surface area (Å²) in [6.07, 6.45) is 3.51. The Morgan fingerprint density at radius 3 is 2.88 bits per heavy atom. The van der Waals surface area contributed by atoms with Gasteiger partial charge in [-0.1, -0.05) is 11.6 Å². The minimum atomic E-state index is -0.0707. The van der Waals surface area contributed by atoms with Gasteiger partial charge in [0.2, 0.25) is 0 Å². The average molecular weight is 252 g/mol. The molecule has 0 spiro atoms. The predicted molar refractivity (Wildman–Crippen MR) is 67.5 cm³/mol. The maximum Gasteiger partial charge on any atom is 0.127 e. The van der Waals surface area contributed by atoms with E-state index in [0.717, 1.165) is 17.1 Å². The molecule has 2 N–H and O–H groups in total. The molecule has 0 saturated carbocycles. The molecule has 2 rings (SSSR count). The maximum absolute atomic E-state index is 6.02. The average Bonchev–Trinajstić information content (AvgIpc) is 2.84. The first-order valence-corrected chi connectivity index (χ1v) is 5.64. The Morgan fingerprint density at radius 1 is 1.47 bits per heavy atom. The number of aromatic nitrogens is 2. The molecule has 1 unspecified atom stereocenters. The molecule has 5 heteroatoms. The number of benzene rings is 1.